The van der Waals surface area contributed by atoms with Crippen molar-refractivity contribution in [2.75, 3.05) is 0 Å². The van der Waals surface area contributed by atoms with E-state index in [9.17, 15) is 22.8 Å². The number of hydrogen-bond donors (Lipinski definition) is 2. The van der Waals surface area contributed by atoms with Crippen LogP contribution < -0.4 is 5.32 Å². The topological polar surface area (TPSA) is 66.4 Å². The van der Waals surface area contributed by atoms with E-state index in [1.807, 2.05) is 0 Å². The average molecular weight is 241 g/mol. The van der Waals surface area contributed by atoms with Crippen molar-refractivity contribution >= 4 is 11.9 Å². The molecule has 0 spiro atoms. The molecule has 0 saturated heterocycles. The fourth-order valence-corrected chi connectivity index (χ4v) is 1.24. The van der Waals surface area contributed by atoms with E-state index in [1.165, 1.54) is 0 Å². The molecule has 4 nitrogen and oxygen atoms in total. The van der Waals surface area contributed by atoms with Crippen molar-refractivity contribution in [3.8, 4) is 0 Å². The Labute approximate surface area is 90.8 Å². The normalized spacial score (nSPS) is 13.6. The molecule has 2 N–H and O–H groups in total. The number of carboxylic acids is 1. The van der Waals surface area contributed by atoms with Crippen LogP contribution in [0.3, 0.4) is 0 Å². The van der Waals surface area contributed by atoms with Gasteiger partial charge in [-0.15, -0.1) is 0 Å². The van der Waals surface area contributed by atoms with Gasteiger partial charge in [0.1, 0.15) is 0 Å². The highest BCUT2D eigenvalue weighted by atomic mass is 19.4. The highest BCUT2D eigenvalue weighted by molar-refractivity contribution is 5.82. The number of carboxylic acid groups (broad SMARTS) is 1. The first-order valence-corrected chi connectivity index (χ1v) is 4.72. The number of rotatable bonds is 5. The Balaban J connectivity index is 4.42. The number of hydrogen-bond acceptors (Lipinski definition) is 2. The third-order valence-electron chi connectivity index (χ3n) is 1.77. The summed E-state index contributed by atoms with van der Waals surface area (Å²) in [7, 11) is 0. The molecule has 0 rings (SSSR count). The minimum absolute atomic E-state index is 0.00196. The summed E-state index contributed by atoms with van der Waals surface area (Å²) in [6.45, 7) is 3.46. The summed E-state index contributed by atoms with van der Waals surface area (Å²) in [5, 5.41) is 10.2. The maximum atomic E-state index is 11.9. The van der Waals surface area contributed by atoms with E-state index in [4.69, 9.17) is 5.11 Å². The van der Waals surface area contributed by atoms with Crippen LogP contribution in [0.1, 0.15) is 26.7 Å². The highest BCUT2D eigenvalue weighted by Crippen LogP contribution is 2.16. The van der Waals surface area contributed by atoms with Gasteiger partial charge in [-0.25, -0.2) is 0 Å². The lowest BCUT2D eigenvalue weighted by Crippen LogP contribution is -2.44. The molecule has 94 valence electrons. The number of amides is 1. The van der Waals surface area contributed by atoms with Crippen molar-refractivity contribution in [1.29, 1.82) is 0 Å². The van der Waals surface area contributed by atoms with Gasteiger partial charge >= 0.3 is 18.1 Å². The first-order chi connectivity index (χ1) is 7.12. The second-order valence-electron chi connectivity index (χ2n) is 3.90. The maximum Gasteiger partial charge on any atom is 0.471 e. The molecule has 0 aromatic carbocycles. The van der Waals surface area contributed by atoms with E-state index < -0.39 is 30.5 Å². The van der Waals surface area contributed by atoms with E-state index in [2.05, 4.69) is 0 Å². The van der Waals surface area contributed by atoms with Gasteiger partial charge in [0.2, 0.25) is 0 Å². The molecule has 0 unspecified atom stereocenters. The molecule has 0 aromatic heterocycles. The van der Waals surface area contributed by atoms with Crippen LogP contribution in [-0.4, -0.2) is 29.2 Å². The Morgan fingerprint density at radius 2 is 1.81 bits per heavy atom. The zero-order valence-electron chi connectivity index (χ0n) is 8.97. The molecule has 0 bridgehead atoms. The van der Waals surface area contributed by atoms with Gasteiger partial charge in [-0.2, -0.15) is 13.2 Å². The van der Waals surface area contributed by atoms with Gasteiger partial charge in [0.15, 0.2) is 0 Å². The summed E-state index contributed by atoms with van der Waals surface area (Å²) in [4.78, 5) is 21.0. The fourth-order valence-electron chi connectivity index (χ4n) is 1.24. The molecule has 1 amide bonds. The standard InChI is InChI=1S/C9H14F3NO3/c1-5(2)3-6(4-7(14)15)13-8(16)9(10,11)12/h5-6H,3-4H2,1-2H3,(H,13,16)(H,14,15)/t6-/m1/s1. The van der Waals surface area contributed by atoms with Gasteiger partial charge in [-0.1, -0.05) is 13.8 Å². The summed E-state index contributed by atoms with van der Waals surface area (Å²) in [5.41, 5.74) is 0. The molecule has 0 fully saturated rings. The van der Waals surface area contributed by atoms with Crippen LogP contribution in [0.2, 0.25) is 0 Å². The Morgan fingerprint density at radius 3 is 2.12 bits per heavy atom. The zero-order chi connectivity index (χ0) is 12.9. The summed E-state index contributed by atoms with van der Waals surface area (Å²) in [6.07, 6.45) is -5.30. The minimum Gasteiger partial charge on any atom is -0.481 e. The number of alkyl halides is 3. The van der Waals surface area contributed by atoms with Crippen molar-refractivity contribution in [2.24, 2.45) is 5.92 Å². The lowest BCUT2D eigenvalue weighted by Gasteiger charge is -2.19. The number of carbonyl (C=O) groups is 2. The monoisotopic (exact) mass is 241 g/mol. The molecule has 7 heteroatoms. The molecule has 0 aliphatic carbocycles. The van der Waals surface area contributed by atoms with Crippen molar-refractivity contribution in [1.82, 2.24) is 5.32 Å². The summed E-state index contributed by atoms with van der Waals surface area (Å²) in [5.74, 6) is -3.34. The van der Waals surface area contributed by atoms with Gasteiger partial charge in [0, 0.05) is 6.04 Å². The Hall–Kier alpha value is -1.27. The molecule has 0 aromatic rings. The number of aliphatic carboxylic acids is 1. The zero-order valence-corrected chi connectivity index (χ0v) is 8.97. The second kappa shape index (κ2) is 5.72. The van der Waals surface area contributed by atoms with Crippen molar-refractivity contribution in [3.05, 3.63) is 0 Å². The van der Waals surface area contributed by atoms with Crippen LogP contribution in [0.15, 0.2) is 0 Å². The molecule has 0 aliphatic rings. The van der Waals surface area contributed by atoms with E-state index in [-0.39, 0.29) is 12.3 Å². The molecule has 1 atom stereocenters. The Morgan fingerprint density at radius 1 is 1.31 bits per heavy atom. The maximum absolute atomic E-state index is 11.9. The van der Waals surface area contributed by atoms with Crippen LogP contribution in [0.4, 0.5) is 13.2 Å². The lowest BCUT2D eigenvalue weighted by atomic mass is 10.0. The Kier molecular flexibility index (Phi) is 5.26. The number of nitrogens with one attached hydrogen (secondary N) is 1. The van der Waals surface area contributed by atoms with Crippen molar-refractivity contribution < 1.29 is 27.9 Å². The summed E-state index contributed by atoms with van der Waals surface area (Å²) >= 11 is 0. The SMILES string of the molecule is CC(C)C[C@H](CC(=O)O)NC(=O)C(F)(F)F. The lowest BCUT2D eigenvalue weighted by molar-refractivity contribution is -0.174. The van der Waals surface area contributed by atoms with Crippen LogP contribution in [0, 0.1) is 5.92 Å². The minimum atomic E-state index is -4.98. The summed E-state index contributed by atoms with van der Waals surface area (Å²) < 4.78 is 35.8. The molecular formula is C9H14F3NO3. The van der Waals surface area contributed by atoms with Crippen molar-refractivity contribution in [3.63, 3.8) is 0 Å². The Bertz CT molecular complexity index is 263. The molecule has 16 heavy (non-hydrogen) atoms. The van der Waals surface area contributed by atoms with Crippen LogP contribution in [0.5, 0.6) is 0 Å². The van der Waals surface area contributed by atoms with Crippen molar-refractivity contribution in [2.45, 2.75) is 38.9 Å². The summed E-state index contributed by atoms with van der Waals surface area (Å²) in [6, 6.07) is -0.994. The first kappa shape index (κ1) is 14.7. The quantitative estimate of drug-likeness (QED) is 0.767. The van der Waals surface area contributed by atoms with E-state index in [0.29, 0.717) is 0 Å². The fraction of sp³-hybridized carbons (Fsp3) is 0.778. The van der Waals surface area contributed by atoms with E-state index in [1.54, 1.807) is 19.2 Å². The van der Waals surface area contributed by atoms with Gasteiger partial charge in [0.25, 0.3) is 0 Å². The predicted molar refractivity (Wildman–Crippen MR) is 49.7 cm³/mol. The number of halogens is 3. The largest absolute Gasteiger partial charge is 0.481 e. The average Bonchev–Trinajstić information content (AvgIpc) is 1.98. The predicted octanol–water partition coefficient (Wildman–Crippen LogP) is 1.55. The smallest absolute Gasteiger partial charge is 0.471 e. The molecule has 0 heterocycles. The van der Waals surface area contributed by atoms with Crippen LogP contribution in [0.25, 0.3) is 0 Å². The van der Waals surface area contributed by atoms with Gasteiger partial charge in [-0.3, -0.25) is 9.59 Å². The van der Waals surface area contributed by atoms with Gasteiger partial charge in [-0.05, 0) is 12.3 Å². The first-order valence-electron chi connectivity index (χ1n) is 4.72. The molecule has 0 saturated carbocycles. The van der Waals surface area contributed by atoms with Crippen LogP contribution in [-0.2, 0) is 9.59 Å². The third kappa shape index (κ3) is 6.26. The molecular weight excluding hydrogens is 227 g/mol. The third-order valence-corrected chi connectivity index (χ3v) is 1.77. The van der Waals surface area contributed by atoms with Crippen LogP contribution >= 0.6 is 0 Å². The van der Waals surface area contributed by atoms with Gasteiger partial charge < -0.3 is 10.4 Å². The van der Waals surface area contributed by atoms with Gasteiger partial charge in [0.05, 0.1) is 6.42 Å². The van der Waals surface area contributed by atoms with E-state index in [0.717, 1.165) is 0 Å². The highest BCUT2D eigenvalue weighted by Gasteiger charge is 2.39. The molecule has 0 aliphatic heterocycles. The number of carbonyl (C=O) groups excluding carboxylic acids is 1. The second-order valence-corrected chi connectivity index (χ2v) is 3.90. The van der Waals surface area contributed by atoms with E-state index >= 15 is 0 Å². The molecule has 0 radical (unpaired) electrons.